The first-order valence-corrected chi connectivity index (χ1v) is 5.00. The van der Waals surface area contributed by atoms with E-state index in [0.29, 0.717) is 18.6 Å². The molecule has 2 nitrogen and oxygen atoms in total. The van der Waals surface area contributed by atoms with Crippen LogP contribution in [-0.2, 0) is 15.7 Å². The molecule has 0 saturated heterocycles. The summed E-state index contributed by atoms with van der Waals surface area (Å²) in [6.45, 7) is 1.89. The minimum Gasteiger partial charge on any atom is -0.369 e. The quantitative estimate of drug-likeness (QED) is 0.720. The molecular formula is C11H17O2P. The van der Waals surface area contributed by atoms with Crippen LogP contribution in [0.5, 0.6) is 0 Å². The number of carbonyl (C=O) groups is 1. The van der Waals surface area contributed by atoms with Gasteiger partial charge in [0.2, 0.25) is 0 Å². The fourth-order valence-corrected chi connectivity index (χ4v) is 0.949. The summed E-state index contributed by atoms with van der Waals surface area (Å²) in [5.74, 6) is 0.302. The van der Waals surface area contributed by atoms with E-state index in [4.69, 9.17) is 0 Å². The summed E-state index contributed by atoms with van der Waals surface area (Å²) in [7, 11) is 3.67. The number of carbonyl (C=O) groups excluding carboxylic acids is 1. The van der Waals surface area contributed by atoms with Crippen LogP contribution >= 0.6 is 9.47 Å². The number of hydrogen-bond donors (Lipinski definition) is 0. The molecule has 0 heterocycles. The van der Waals surface area contributed by atoms with Crippen molar-refractivity contribution in [2.24, 2.45) is 0 Å². The average molecular weight is 212 g/mol. The van der Waals surface area contributed by atoms with Crippen LogP contribution in [0.3, 0.4) is 0 Å². The van der Waals surface area contributed by atoms with Gasteiger partial charge in [0.1, 0.15) is 5.78 Å². The van der Waals surface area contributed by atoms with E-state index in [-0.39, 0.29) is 0 Å². The van der Waals surface area contributed by atoms with Crippen molar-refractivity contribution < 1.29 is 9.32 Å². The lowest BCUT2D eigenvalue weighted by molar-refractivity contribution is -0.118. The van der Waals surface area contributed by atoms with Crippen molar-refractivity contribution in [2.45, 2.75) is 19.8 Å². The second-order valence-corrected chi connectivity index (χ2v) is 3.26. The van der Waals surface area contributed by atoms with Gasteiger partial charge in [-0.15, -0.1) is 0 Å². The van der Waals surface area contributed by atoms with Crippen molar-refractivity contribution in [3.8, 4) is 0 Å². The van der Waals surface area contributed by atoms with Gasteiger partial charge in [-0.2, -0.15) is 0 Å². The molecule has 0 fully saturated rings. The summed E-state index contributed by atoms with van der Waals surface area (Å²) >= 11 is 0. The fourth-order valence-electron chi connectivity index (χ4n) is 0.949. The van der Waals surface area contributed by atoms with Crippen molar-refractivity contribution in [3.05, 3.63) is 35.9 Å². The Kier molecular flexibility index (Phi) is 8.40. The highest BCUT2D eigenvalue weighted by Crippen LogP contribution is 2.00. The van der Waals surface area contributed by atoms with Crippen molar-refractivity contribution >= 4 is 15.2 Å². The van der Waals surface area contributed by atoms with Crippen molar-refractivity contribution in [1.82, 2.24) is 0 Å². The second-order valence-electron chi connectivity index (χ2n) is 2.79. The Balaban J connectivity index is 0.000000500. The van der Waals surface area contributed by atoms with E-state index in [1.54, 1.807) is 7.11 Å². The number of benzene rings is 1. The standard InChI is InChI=1S/C10H12O.CH5OP/c1-2-10(11)8-9-6-4-3-5-7-9;1-2-3/h3-7H,2,8H2,1H3;3H2,1H3. The molecule has 14 heavy (non-hydrogen) atoms. The Morgan fingerprint density at radius 2 is 1.86 bits per heavy atom. The molecule has 0 N–H and O–H groups in total. The maximum atomic E-state index is 11.0. The van der Waals surface area contributed by atoms with Crippen LogP contribution in [0, 0.1) is 0 Å². The lowest BCUT2D eigenvalue weighted by Gasteiger charge is -1.96. The molecule has 0 aliphatic carbocycles. The molecule has 0 aliphatic rings. The predicted molar refractivity (Wildman–Crippen MR) is 62.2 cm³/mol. The Hall–Kier alpha value is -0.720. The molecule has 0 amide bonds. The van der Waals surface area contributed by atoms with E-state index in [1.807, 2.05) is 37.3 Å². The zero-order valence-electron chi connectivity index (χ0n) is 8.69. The Morgan fingerprint density at radius 1 is 1.36 bits per heavy atom. The highest BCUT2D eigenvalue weighted by Gasteiger charge is 1.98. The third-order valence-electron chi connectivity index (χ3n) is 1.64. The highest BCUT2D eigenvalue weighted by atomic mass is 31.0. The summed E-state index contributed by atoms with van der Waals surface area (Å²) < 4.78 is 4.17. The van der Waals surface area contributed by atoms with Crippen molar-refractivity contribution in [1.29, 1.82) is 0 Å². The largest absolute Gasteiger partial charge is 0.369 e. The summed E-state index contributed by atoms with van der Waals surface area (Å²) in [6.07, 6.45) is 1.21. The van der Waals surface area contributed by atoms with E-state index in [1.165, 1.54) is 0 Å². The molecule has 0 spiro atoms. The summed E-state index contributed by atoms with van der Waals surface area (Å²) in [6, 6.07) is 9.83. The highest BCUT2D eigenvalue weighted by molar-refractivity contribution is 7.09. The molecular weight excluding hydrogens is 195 g/mol. The molecule has 0 bridgehead atoms. The van der Waals surface area contributed by atoms with Crippen LogP contribution in [-0.4, -0.2) is 12.9 Å². The first-order valence-electron chi connectivity index (χ1n) is 4.53. The first-order chi connectivity index (χ1) is 6.74. The summed E-state index contributed by atoms with van der Waals surface area (Å²) in [5, 5.41) is 0. The molecule has 1 aromatic rings. The van der Waals surface area contributed by atoms with Gasteiger partial charge in [0.05, 0.1) is 0 Å². The number of rotatable bonds is 3. The molecule has 1 atom stereocenters. The third-order valence-corrected chi connectivity index (χ3v) is 1.64. The van der Waals surface area contributed by atoms with Gasteiger partial charge < -0.3 is 4.52 Å². The van der Waals surface area contributed by atoms with Gasteiger partial charge in [-0.3, -0.25) is 4.79 Å². The van der Waals surface area contributed by atoms with Gasteiger partial charge in [0, 0.05) is 20.0 Å². The van der Waals surface area contributed by atoms with Gasteiger partial charge in [-0.05, 0) is 15.0 Å². The molecule has 1 aromatic carbocycles. The maximum Gasteiger partial charge on any atom is 0.136 e. The van der Waals surface area contributed by atoms with E-state index in [9.17, 15) is 4.79 Å². The zero-order chi connectivity index (χ0) is 10.8. The van der Waals surface area contributed by atoms with Gasteiger partial charge in [0.25, 0.3) is 0 Å². The lowest BCUT2D eigenvalue weighted by atomic mass is 10.1. The third kappa shape index (κ3) is 6.76. The molecule has 1 rings (SSSR count). The summed E-state index contributed by atoms with van der Waals surface area (Å²) in [4.78, 5) is 11.0. The zero-order valence-corrected chi connectivity index (χ0v) is 9.85. The monoisotopic (exact) mass is 212 g/mol. The summed E-state index contributed by atoms with van der Waals surface area (Å²) in [5.41, 5.74) is 1.11. The van der Waals surface area contributed by atoms with E-state index in [2.05, 4.69) is 14.0 Å². The van der Waals surface area contributed by atoms with Gasteiger partial charge in [0.15, 0.2) is 0 Å². The minimum atomic E-state index is 0.302. The van der Waals surface area contributed by atoms with Crippen molar-refractivity contribution in [2.75, 3.05) is 7.11 Å². The number of Topliss-reactive ketones (excluding diaryl/α,β-unsaturated/α-hetero) is 1. The Bertz CT molecular complexity index is 247. The molecule has 0 saturated carbocycles. The van der Waals surface area contributed by atoms with Crippen LogP contribution in [0.4, 0.5) is 0 Å². The molecule has 3 heteroatoms. The van der Waals surface area contributed by atoms with Gasteiger partial charge in [-0.1, -0.05) is 37.3 Å². The van der Waals surface area contributed by atoms with E-state index in [0.717, 1.165) is 5.56 Å². The van der Waals surface area contributed by atoms with Crippen LogP contribution in [0.1, 0.15) is 18.9 Å². The van der Waals surface area contributed by atoms with Gasteiger partial charge in [-0.25, -0.2) is 0 Å². The number of ketones is 1. The first kappa shape index (κ1) is 13.3. The van der Waals surface area contributed by atoms with Crippen molar-refractivity contribution in [3.63, 3.8) is 0 Å². The fraction of sp³-hybridized carbons (Fsp3) is 0.364. The predicted octanol–water partition coefficient (Wildman–Crippen LogP) is 2.63. The Labute approximate surface area is 88.0 Å². The molecule has 0 radical (unpaired) electrons. The maximum absolute atomic E-state index is 11.0. The van der Waals surface area contributed by atoms with Crippen LogP contribution in [0.25, 0.3) is 0 Å². The SMILES string of the molecule is CCC(=O)Cc1ccccc1.COP. The van der Waals surface area contributed by atoms with Gasteiger partial charge >= 0.3 is 0 Å². The average Bonchev–Trinajstić information content (AvgIpc) is 2.20. The topological polar surface area (TPSA) is 26.3 Å². The Morgan fingerprint density at radius 3 is 2.29 bits per heavy atom. The van der Waals surface area contributed by atoms with Crippen LogP contribution in [0.15, 0.2) is 30.3 Å². The normalized spacial score (nSPS) is 8.79. The molecule has 0 aromatic heterocycles. The second kappa shape index (κ2) is 8.86. The van der Waals surface area contributed by atoms with E-state index < -0.39 is 0 Å². The molecule has 1 unspecified atom stereocenters. The number of hydrogen-bond acceptors (Lipinski definition) is 2. The molecule has 78 valence electrons. The van der Waals surface area contributed by atoms with Crippen LogP contribution in [0.2, 0.25) is 0 Å². The lowest BCUT2D eigenvalue weighted by Crippen LogP contribution is -1.99. The molecule has 0 aliphatic heterocycles. The minimum absolute atomic E-state index is 0.302. The van der Waals surface area contributed by atoms with Crippen LogP contribution < -0.4 is 0 Å². The smallest absolute Gasteiger partial charge is 0.136 e. The van der Waals surface area contributed by atoms with E-state index >= 15 is 0 Å².